The van der Waals surface area contributed by atoms with E-state index in [1.54, 1.807) is 50.2 Å². The number of ether oxygens (including phenoxy) is 1. The summed E-state index contributed by atoms with van der Waals surface area (Å²) in [6.45, 7) is 5.49. The maximum Gasteiger partial charge on any atom is 0.310 e. The fourth-order valence-electron chi connectivity index (χ4n) is 3.75. The number of esters is 1. The molecule has 0 aromatic heterocycles. The molecule has 3 aromatic rings. The number of carbonyl (C=O) groups is 2. The molecule has 36 heavy (non-hydrogen) atoms. The third-order valence-electron chi connectivity index (χ3n) is 5.67. The van der Waals surface area contributed by atoms with E-state index in [1.807, 2.05) is 43.3 Å². The number of hydrogen-bond acceptors (Lipinski definition) is 5. The van der Waals surface area contributed by atoms with Gasteiger partial charge in [0.05, 0.1) is 24.5 Å². The van der Waals surface area contributed by atoms with Crippen LogP contribution in [-0.4, -0.2) is 44.3 Å². The second kappa shape index (κ2) is 12.5. The predicted molar refractivity (Wildman–Crippen MR) is 140 cm³/mol. The van der Waals surface area contributed by atoms with E-state index in [4.69, 9.17) is 4.74 Å². The molecule has 0 heterocycles. The van der Waals surface area contributed by atoms with Gasteiger partial charge < -0.3 is 10.1 Å². The van der Waals surface area contributed by atoms with Gasteiger partial charge in [0.25, 0.3) is 0 Å². The van der Waals surface area contributed by atoms with Crippen LogP contribution in [0.5, 0.6) is 0 Å². The van der Waals surface area contributed by atoms with Gasteiger partial charge in [0.1, 0.15) is 0 Å². The number of anilines is 1. The van der Waals surface area contributed by atoms with Crippen LogP contribution in [0.1, 0.15) is 29.2 Å². The highest BCUT2D eigenvalue weighted by atomic mass is 32.2. The number of hydrogen-bond donors (Lipinski definition) is 1. The number of nitrogens with one attached hydrogen (secondary N) is 1. The highest BCUT2D eigenvalue weighted by Gasteiger charge is 2.28. The van der Waals surface area contributed by atoms with E-state index in [-0.39, 0.29) is 30.4 Å². The largest absolute Gasteiger partial charge is 0.466 e. The number of aryl methyl sites for hydroxylation is 2. The Balaban J connectivity index is 1.76. The Morgan fingerprint density at radius 1 is 0.917 bits per heavy atom. The predicted octanol–water partition coefficient (Wildman–Crippen LogP) is 4.28. The first-order valence-corrected chi connectivity index (χ1v) is 13.3. The first-order chi connectivity index (χ1) is 17.2. The summed E-state index contributed by atoms with van der Waals surface area (Å²) in [7, 11) is -3.92. The van der Waals surface area contributed by atoms with Crippen molar-refractivity contribution in [2.45, 2.75) is 38.5 Å². The van der Waals surface area contributed by atoms with E-state index in [0.29, 0.717) is 24.3 Å². The van der Waals surface area contributed by atoms with Crippen LogP contribution in [0.25, 0.3) is 0 Å². The van der Waals surface area contributed by atoms with Gasteiger partial charge >= 0.3 is 5.97 Å². The first-order valence-electron chi connectivity index (χ1n) is 11.8. The third kappa shape index (κ3) is 7.50. The van der Waals surface area contributed by atoms with E-state index >= 15 is 0 Å². The van der Waals surface area contributed by atoms with Gasteiger partial charge in [-0.05, 0) is 67.6 Å². The van der Waals surface area contributed by atoms with Gasteiger partial charge in [-0.2, -0.15) is 4.31 Å². The van der Waals surface area contributed by atoms with Crippen molar-refractivity contribution in [3.8, 4) is 0 Å². The smallest absolute Gasteiger partial charge is 0.310 e. The Labute approximate surface area is 213 Å². The average Bonchev–Trinajstić information content (AvgIpc) is 2.85. The molecule has 3 rings (SSSR count). The van der Waals surface area contributed by atoms with Crippen molar-refractivity contribution in [1.29, 1.82) is 0 Å². The van der Waals surface area contributed by atoms with Crippen LogP contribution in [-0.2, 0) is 37.2 Å². The maximum absolute atomic E-state index is 13.6. The number of sulfonamides is 1. The van der Waals surface area contributed by atoms with Crippen molar-refractivity contribution < 1.29 is 22.7 Å². The standard InChI is InChI=1S/C28H32N2O5S/c1-4-35-28(32)19-24-12-14-25(15-13-24)29-27(31)20-30(17-16-23-8-6-5-7-9-23)36(33,34)26-18-21(2)10-11-22(26)3/h5-15,18H,4,16-17,19-20H2,1-3H3,(H,29,31). The molecular formula is C28H32N2O5S. The van der Waals surface area contributed by atoms with Gasteiger partial charge in [-0.25, -0.2) is 8.42 Å². The third-order valence-corrected chi connectivity index (χ3v) is 7.65. The summed E-state index contributed by atoms with van der Waals surface area (Å²) in [5.74, 6) is -0.768. The maximum atomic E-state index is 13.6. The van der Waals surface area contributed by atoms with Crippen LogP contribution >= 0.6 is 0 Å². The van der Waals surface area contributed by atoms with Crippen LogP contribution < -0.4 is 5.32 Å². The van der Waals surface area contributed by atoms with Gasteiger partial charge in [-0.3, -0.25) is 9.59 Å². The Bertz CT molecular complexity index is 1290. The molecule has 3 aromatic carbocycles. The molecule has 8 heteroatoms. The number of nitrogens with zero attached hydrogens (tertiary/aromatic N) is 1. The van der Waals surface area contributed by atoms with Gasteiger partial charge in [0, 0.05) is 12.2 Å². The van der Waals surface area contributed by atoms with E-state index in [0.717, 1.165) is 16.7 Å². The van der Waals surface area contributed by atoms with Crippen LogP contribution in [0.2, 0.25) is 0 Å². The van der Waals surface area contributed by atoms with E-state index in [1.165, 1.54) is 4.31 Å². The molecule has 0 radical (unpaired) electrons. The summed E-state index contributed by atoms with van der Waals surface area (Å²) in [4.78, 5) is 24.8. The van der Waals surface area contributed by atoms with E-state index in [9.17, 15) is 18.0 Å². The Hall–Kier alpha value is -3.49. The fraction of sp³-hybridized carbons (Fsp3) is 0.286. The second-order valence-electron chi connectivity index (χ2n) is 8.57. The van der Waals surface area contributed by atoms with E-state index < -0.39 is 15.9 Å². The molecule has 0 spiro atoms. The van der Waals surface area contributed by atoms with E-state index in [2.05, 4.69) is 5.32 Å². The molecule has 0 saturated carbocycles. The zero-order chi connectivity index (χ0) is 26.1. The van der Waals surface area contributed by atoms with Crippen molar-refractivity contribution in [2.24, 2.45) is 0 Å². The Morgan fingerprint density at radius 2 is 1.61 bits per heavy atom. The zero-order valence-corrected chi connectivity index (χ0v) is 21.7. The first kappa shape index (κ1) is 27.1. The Kier molecular flexibility index (Phi) is 9.38. The molecule has 0 fully saturated rings. The topological polar surface area (TPSA) is 92.8 Å². The minimum absolute atomic E-state index is 0.142. The minimum atomic E-state index is -3.92. The molecule has 1 N–H and O–H groups in total. The van der Waals surface area contributed by atoms with Crippen LogP contribution in [0.15, 0.2) is 77.7 Å². The molecule has 0 aliphatic heterocycles. The number of benzene rings is 3. The lowest BCUT2D eigenvalue weighted by molar-refractivity contribution is -0.142. The summed E-state index contributed by atoms with van der Waals surface area (Å²) >= 11 is 0. The Morgan fingerprint density at radius 3 is 2.28 bits per heavy atom. The van der Waals surface area contributed by atoms with Crippen molar-refractivity contribution in [2.75, 3.05) is 25.0 Å². The zero-order valence-electron chi connectivity index (χ0n) is 20.9. The van der Waals surface area contributed by atoms with Crippen molar-refractivity contribution in [3.05, 3.63) is 95.1 Å². The molecule has 0 unspecified atom stereocenters. The highest BCUT2D eigenvalue weighted by molar-refractivity contribution is 7.89. The molecule has 0 atom stereocenters. The fourth-order valence-corrected chi connectivity index (χ4v) is 5.46. The van der Waals surface area contributed by atoms with Crippen LogP contribution in [0.4, 0.5) is 5.69 Å². The molecule has 0 bridgehead atoms. The highest BCUT2D eigenvalue weighted by Crippen LogP contribution is 2.22. The molecular weight excluding hydrogens is 476 g/mol. The number of amides is 1. The lowest BCUT2D eigenvalue weighted by atomic mass is 10.1. The van der Waals surface area contributed by atoms with Crippen molar-refractivity contribution in [3.63, 3.8) is 0 Å². The van der Waals surface area contributed by atoms with Crippen molar-refractivity contribution in [1.82, 2.24) is 4.31 Å². The summed E-state index contributed by atoms with van der Waals surface area (Å²) in [6.07, 6.45) is 0.615. The second-order valence-corrected chi connectivity index (χ2v) is 10.5. The summed E-state index contributed by atoms with van der Waals surface area (Å²) < 4.78 is 33.4. The lowest BCUT2D eigenvalue weighted by Crippen LogP contribution is -2.39. The lowest BCUT2D eigenvalue weighted by Gasteiger charge is -2.23. The summed E-state index contributed by atoms with van der Waals surface area (Å²) in [6, 6.07) is 21.7. The van der Waals surface area contributed by atoms with Crippen LogP contribution in [0.3, 0.4) is 0 Å². The molecule has 0 aliphatic carbocycles. The quantitative estimate of drug-likeness (QED) is 0.390. The van der Waals surface area contributed by atoms with Gasteiger partial charge in [-0.15, -0.1) is 0 Å². The molecule has 7 nitrogen and oxygen atoms in total. The van der Waals surface area contributed by atoms with Crippen LogP contribution in [0, 0.1) is 13.8 Å². The minimum Gasteiger partial charge on any atom is -0.466 e. The number of rotatable bonds is 11. The van der Waals surface area contributed by atoms with Gasteiger partial charge in [-0.1, -0.05) is 54.6 Å². The monoisotopic (exact) mass is 508 g/mol. The molecule has 0 aliphatic rings. The average molecular weight is 509 g/mol. The normalized spacial score (nSPS) is 11.3. The summed E-state index contributed by atoms with van der Waals surface area (Å²) in [5.41, 5.74) is 3.71. The van der Waals surface area contributed by atoms with Gasteiger partial charge in [0.15, 0.2) is 0 Å². The van der Waals surface area contributed by atoms with Gasteiger partial charge in [0.2, 0.25) is 15.9 Å². The molecule has 190 valence electrons. The molecule has 1 amide bonds. The SMILES string of the molecule is CCOC(=O)Cc1ccc(NC(=O)CN(CCc2ccccc2)S(=O)(=O)c2cc(C)ccc2C)cc1. The molecule has 0 saturated heterocycles. The van der Waals surface area contributed by atoms with Crippen molar-refractivity contribution >= 4 is 27.6 Å². The summed E-state index contributed by atoms with van der Waals surface area (Å²) in [5, 5.41) is 2.76. The number of carbonyl (C=O) groups excluding carboxylic acids is 2.